The van der Waals surface area contributed by atoms with Gasteiger partial charge in [-0.2, -0.15) is 0 Å². The van der Waals surface area contributed by atoms with Gasteiger partial charge >= 0.3 is 12.0 Å². The fourth-order valence-corrected chi connectivity index (χ4v) is 2.67. The van der Waals surface area contributed by atoms with E-state index in [1.54, 1.807) is 12.1 Å². The summed E-state index contributed by atoms with van der Waals surface area (Å²) in [6.07, 6.45) is 2.06. The Morgan fingerprint density at radius 3 is 2.27 bits per heavy atom. The Bertz CT molecular complexity index is 867. The van der Waals surface area contributed by atoms with Gasteiger partial charge in [0, 0.05) is 18.1 Å². The molecule has 0 spiro atoms. The van der Waals surface area contributed by atoms with Crippen molar-refractivity contribution >= 4 is 35.2 Å². The first-order valence-electron chi connectivity index (χ1n) is 9.81. The minimum atomic E-state index is -0.975. The molecule has 0 aliphatic carbocycles. The van der Waals surface area contributed by atoms with Gasteiger partial charge in [-0.3, -0.25) is 10.1 Å². The van der Waals surface area contributed by atoms with E-state index in [2.05, 4.69) is 27.9 Å². The van der Waals surface area contributed by atoms with Crippen LogP contribution >= 0.6 is 11.6 Å². The summed E-state index contributed by atoms with van der Waals surface area (Å²) >= 11 is 5.92. The van der Waals surface area contributed by atoms with E-state index in [0.29, 0.717) is 17.3 Å². The standard InChI is InChI=1S/C22H27ClN4O3/c1-3-4-16-7-11-19(12-8-16)26-21(24-14-17-5-9-18(23)10-6-17)27-22(30)25-13-15(2)20(28)29/h5-12,15H,3-4,13-14H2,1-2H3,(H,28,29)(H3,24,25,26,27,30)/t15-/m0/s1. The topological polar surface area (TPSA) is 103 Å². The number of halogens is 1. The Labute approximate surface area is 181 Å². The van der Waals surface area contributed by atoms with Crippen LogP contribution in [-0.4, -0.2) is 29.6 Å². The number of carboxylic acids is 1. The fraction of sp³-hybridized carbons (Fsp3) is 0.318. The molecular formula is C22H27ClN4O3. The van der Waals surface area contributed by atoms with Crippen LogP contribution in [0.4, 0.5) is 10.5 Å². The van der Waals surface area contributed by atoms with E-state index < -0.39 is 17.9 Å². The van der Waals surface area contributed by atoms with Crippen LogP contribution in [-0.2, 0) is 17.8 Å². The van der Waals surface area contributed by atoms with E-state index in [-0.39, 0.29) is 12.5 Å². The van der Waals surface area contributed by atoms with Crippen LogP contribution in [0, 0.1) is 5.92 Å². The number of nitrogens with zero attached hydrogens (tertiary/aromatic N) is 1. The van der Waals surface area contributed by atoms with Gasteiger partial charge in [0.25, 0.3) is 0 Å². The molecule has 7 nitrogen and oxygen atoms in total. The lowest BCUT2D eigenvalue weighted by Crippen LogP contribution is -2.47. The van der Waals surface area contributed by atoms with E-state index in [1.807, 2.05) is 36.4 Å². The highest BCUT2D eigenvalue weighted by Gasteiger charge is 2.13. The number of aryl methyl sites for hydroxylation is 1. The molecule has 0 aliphatic rings. The summed E-state index contributed by atoms with van der Waals surface area (Å²) in [5.74, 6) is -1.41. The fourth-order valence-electron chi connectivity index (χ4n) is 2.54. The summed E-state index contributed by atoms with van der Waals surface area (Å²) in [7, 11) is 0. The van der Waals surface area contributed by atoms with Gasteiger partial charge in [0.15, 0.2) is 0 Å². The molecular weight excluding hydrogens is 404 g/mol. The largest absolute Gasteiger partial charge is 0.481 e. The predicted octanol–water partition coefficient (Wildman–Crippen LogP) is 4.09. The third kappa shape index (κ3) is 8.13. The molecule has 0 aliphatic heterocycles. The highest BCUT2D eigenvalue weighted by atomic mass is 35.5. The van der Waals surface area contributed by atoms with Gasteiger partial charge in [-0.15, -0.1) is 0 Å². The van der Waals surface area contributed by atoms with Crippen LogP contribution in [0.25, 0.3) is 0 Å². The van der Waals surface area contributed by atoms with Crippen LogP contribution in [0.1, 0.15) is 31.4 Å². The number of nitrogens with one attached hydrogen (secondary N) is 3. The van der Waals surface area contributed by atoms with Crippen molar-refractivity contribution in [1.82, 2.24) is 16.0 Å². The molecule has 2 amide bonds. The molecule has 1 atom stereocenters. The highest BCUT2D eigenvalue weighted by Crippen LogP contribution is 2.14. The lowest BCUT2D eigenvalue weighted by atomic mass is 10.1. The van der Waals surface area contributed by atoms with E-state index in [0.717, 1.165) is 18.4 Å². The molecule has 0 saturated heterocycles. The lowest BCUT2D eigenvalue weighted by Gasteiger charge is -2.14. The Kier molecular flexibility index (Phi) is 9.15. The molecule has 0 saturated carbocycles. The number of carbonyl (C=O) groups excluding carboxylic acids is 1. The number of benzene rings is 2. The zero-order valence-electron chi connectivity index (χ0n) is 17.1. The molecule has 0 fully saturated rings. The van der Waals surface area contributed by atoms with Crippen LogP contribution in [0.2, 0.25) is 5.02 Å². The normalized spacial score (nSPS) is 12.2. The van der Waals surface area contributed by atoms with Gasteiger partial charge in [0.1, 0.15) is 0 Å². The number of aliphatic carboxylic acids is 1. The van der Waals surface area contributed by atoms with Gasteiger partial charge in [-0.05, 0) is 41.8 Å². The average molecular weight is 431 g/mol. The van der Waals surface area contributed by atoms with E-state index in [9.17, 15) is 9.59 Å². The average Bonchev–Trinajstić information content (AvgIpc) is 2.73. The second kappa shape index (κ2) is 11.8. The molecule has 30 heavy (non-hydrogen) atoms. The molecule has 0 bridgehead atoms. The van der Waals surface area contributed by atoms with Gasteiger partial charge in [0.2, 0.25) is 5.96 Å². The number of guanidine groups is 1. The summed E-state index contributed by atoms with van der Waals surface area (Å²) in [4.78, 5) is 27.6. The van der Waals surface area contributed by atoms with E-state index in [4.69, 9.17) is 16.7 Å². The van der Waals surface area contributed by atoms with Crippen molar-refractivity contribution in [2.45, 2.75) is 33.2 Å². The predicted molar refractivity (Wildman–Crippen MR) is 119 cm³/mol. The Balaban J connectivity index is 2.08. The van der Waals surface area contributed by atoms with Crippen LogP contribution in [0.15, 0.2) is 53.5 Å². The zero-order valence-corrected chi connectivity index (χ0v) is 17.9. The molecule has 0 unspecified atom stereocenters. The maximum atomic E-state index is 12.2. The van der Waals surface area contributed by atoms with Gasteiger partial charge in [-0.1, -0.05) is 56.1 Å². The van der Waals surface area contributed by atoms with Crippen molar-refractivity contribution in [3.05, 3.63) is 64.7 Å². The minimum Gasteiger partial charge on any atom is -0.481 e. The molecule has 8 heteroatoms. The van der Waals surface area contributed by atoms with Crippen molar-refractivity contribution in [1.29, 1.82) is 0 Å². The second-order valence-electron chi connectivity index (χ2n) is 6.93. The molecule has 0 heterocycles. The molecule has 2 rings (SSSR count). The third-order valence-electron chi connectivity index (χ3n) is 4.31. The number of carbonyl (C=O) groups is 2. The number of hydrogen-bond acceptors (Lipinski definition) is 3. The van der Waals surface area contributed by atoms with Gasteiger partial charge in [-0.25, -0.2) is 9.79 Å². The summed E-state index contributed by atoms with van der Waals surface area (Å²) in [6, 6.07) is 14.6. The number of aliphatic imine (C=N–C) groups is 1. The lowest BCUT2D eigenvalue weighted by molar-refractivity contribution is -0.140. The summed E-state index contributed by atoms with van der Waals surface area (Å²) in [6.45, 7) is 4.08. The first-order valence-corrected chi connectivity index (χ1v) is 10.2. The molecule has 4 N–H and O–H groups in total. The summed E-state index contributed by atoms with van der Waals surface area (Å²) in [5.41, 5.74) is 2.88. The SMILES string of the molecule is CCCc1ccc(/N=C(/NCc2ccc(Cl)cc2)NC(=O)NC[C@H](C)C(=O)O)cc1. The summed E-state index contributed by atoms with van der Waals surface area (Å²) < 4.78 is 0. The summed E-state index contributed by atoms with van der Waals surface area (Å²) in [5, 5.41) is 17.9. The molecule has 2 aromatic rings. The number of hydrogen-bond donors (Lipinski definition) is 4. The first-order chi connectivity index (χ1) is 14.4. The quantitative estimate of drug-likeness (QED) is 0.374. The van der Waals surface area contributed by atoms with Gasteiger partial charge < -0.3 is 15.7 Å². The van der Waals surface area contributed by atoms with Crippen molar-refractivity contribution < 1.29 is 14.7 Å². The number of amides is 2. The number of rotatable bonds is 8. The minimum absolute atomic E-state index is 0.0113. The molecule has 0 radical (unpaired) electrons. The molecule has 0 aromatic heterocycles. The van der Waals surface area contributed by atoms with Crippen molar-refractivity contribution in [3.63, 3.8) is 0 Å². The smallest absolute Gasteiger partial charge is 0.321 e. The Morgan fingerprint density at radius 1 is 1.03 bits per heavy atom. The van der Waals surface area contributed by atoms with Crippen LogP contribution in [0.3, 0.4) is 0 Å². The third-order valence-corrected chi connectivity index (χ3v) is 4.56. The first kappa shape index (κ1) is 23.2. The highest BCUT2D eigenvalue weighted by molar-refractivity contribution is 6.30. The number of urea groups is 1. The van der Waals surface area contributed by atoms with Crippen molar-refractivity contribution in [2.24, 2.45) is 10.9 Å². The maximum Gasteiger partial charge on any atom is 0.321 e. The van der Waals surface area contributed by atoms with Crippen LogP contribution in [0.5, 0.6) is 0 Å². The van der Waals surface area contributed by atoms with Crippen LogP contribution < -0.4 is 16.0 Å². The molecule has 160 valence electrons. The monoisotopic (exact) mass is 430 g/mol. The van der Waals surface area contributed by atoms with Crippen molar-refractivity contribution in [2.75, 3.05) is 6.54 Å². The van der Waals surface area contributed by atoms with E-state index in [1.165, 1.54) is 12.5 Å². The Hall–Kier alpha value is -3.06. The van der Waals surface area contributed by atoms with E-state index >= 15 is 0 Å². The molecule has 2 aromatic carbocycles. The number of carboxylic acid groups (broad SMARTS) is 1. The second-order valence-corrected chi connectivity index (χ2v) is 7.37. The maximum absolute atomic E-state index is 12.2. The van der Waals surface area contributed by atoms with Crippen molar-refractivity contribution in [3.8, 4) is 0 Å². The zero-order chi connectivity index (χ0) is 21.9. The Morgan fingerprint density at radius 2 is 1.67 bits per heavy atom. The van der Waals surface area contributed by atoms with Gasteiger partial charge in [0.05, 0.1) is 11.6 Å².